The van der Waals surface area contributed by atoms with E-state index in [0.29, 0.717) is 4.47 Å². The molecule has 0 fully saturated rings. The Morgan fingerprint density at radius 1 is 1.26 bits per heavy atom. The van der Waals surface area contributed by atoms with Gasteiger partial charge in [-0.15, -0.1) is 10.2 Å². The fourth-order valence-corrected chi connectivity index (χ4v) is 2.95. The van der Waals surface area contributed by atoms with Gasteiger partial charge >= 0.3 is 0 Å². The van der Waals surface area contributed by atoms with Gasteiger partial charge in [-0.3, -0.25) is 0 Å². The zero-order chi connectivity index (χ0) is 13.8. The molecule has 0 aliphatic rings. The molecular weight excluding hydrogens is 336 g/mol. The molecule has 0 aliphatic carbocycles. The molecule has 102 valence electrons. The van der Waals surface area contributed by atoms with Gasteiger partial charge in [0.15, 0.2) is 5.01 Å². The van der Waals surface area contributed by atoms with Crippen molar-refractivity contribution in [1.82, 2.24) is 15.5 Å². The molecule has 0 atom stereocenters. The Hall–Kier alpha value is -0.920. The lowest BCUT2D eigenvalue weighted by Crippen LogP contribution is -2.08. The lowest BCUT2D eigenvalue weighted by molar-refractivity contribution is 0.587. The summed E-state index contributed by atoms with van der Waals surface area (Å²) in [6.07, 6.45) is 1.66. The SMILES string of the molecule is CNCCCc1nnc(-c2c(F)cc(Br)cc2F)s1. The smallest absolute Gasteiger partial charge is 0.153 e. The molecule has 2 rings (SSSR count). The van der Waals surface area contributed by atoms with E-state index in [1.807, 2.05) is 7.05 Å². The number of aryl methyl sites for hydroxylation is 1. The molecule has 0 spiro atoms. The van der Waals surface area contributed by atoms with Gasteiger partial charge in [-0.25, -0.2) is 8.78 Å². The average Bonchev–Trinajstić information content (AvgIpc) is 2.76. The monoisotopic (exact) mass is 347 g/mol. The van der Waals surface area contributed by atoms with Crippen molar-refractivity contribution in [2.75, 3.05) is 13.6 Å². The van der Waals surface area contributed by atoms with Crippen LogP contribution in [0.25, 0.3) is 10.6 Å². The van der Waals surface area contributed by atoms with Crippen LogP contribution in [0.3, 0.4) is 0 Å². The molecule has 3 nitrogen and oxygen atoms in total. The molecule has 0 saturated carbocycles. The maximum absolute atomic E-state index is 13.8. The summed E-state index contributed by atoms with van der Waals surface area (Å²) in [5, 5.41) is 11.9. The largest absolute Gasteiger partial charge is 0.320 e. The Kier molecular flexibility index (Phi) is 4.95. The molecule has 2 aromatic rings. The Morgan fingerprint density at radius 3 is 2.58 bits per heavy atom. The van der Waals surface area contributed by atoms with Gasteiger partial charge < -0.3 is 5.32 Å². The first-order valence-corrected chi connectivity index (χ1v) is 7.34. The Bertz CT molecular complexity index is 551. The van der Waals surface area contributed by atoms with E-state index in [2.05, 4.69) is 31.4 Å². The minimum atomic E-state index is -0.634. The first-order valence-electron chi connectivity index (χ1n) is 5.73. The fourth-order valence-electron chi connectivity index (χ4n) is 1.62. The van der Waals surface area contributed by atoms with Crippen molar-refractivity contribution in [2.45, 2.75) is 12.8 Å². The van der Waals surface area contributed by atoms with Gasteiger partial charge in [-0.2, -0.15) is 0 Å². The second-order valence-corrected chi connectivity index (χ2v) is 5.93. The highest BCUT2D eigenvalue weighted by Crippen LogP contribution is 2.31. The van der Waals surface area contributed by atoms with Crippen LogP contribution in [0.15, 0.2) is 16.6 Å². The first-order chi connectivity index (χ1) is 9.11. The van der Waals surface area contributed by atoms with Gasteiger partial charge in [0.1, 0.15) is 16.6 Å². The highest BCUT2D eigenvalue weighted by Gasteiger charge is 2.17. The van der Waals surface area contributed by atoms with Gasteiger partial charge in [0.2, 0.25) is 0 Å². The topological polar surface area (TPSA) is 37.8 Å². The molecule has 19 heavy (non-hydrogen) atoms. The summed E-state index contributed by atoms with van der Waals surface area (Å²) in [6, 6.07) is 2.45. The molecule has 0 unspecified atom stereocenters. The number of nitrogens with one attached hydrogen (secondary N) is 1. The molecule has 1 heterocycles. The van der Waals surface area contributed by atoms with Crippen molar-refractivity contribution in [3.8, 4) is 10.6 Å². The van der Waals surface area contributed by atoms with Crippen molar-refractivity contribution < 1.29 is 8.78 Å². The maximum Gasteiger partial charge on any atom is 0.153 e. The van der Waals surface area contributed by atoms with Gasteiger partial charge in [0, 0.05) is 10.9 Å². The predicted molar refractivity (Wildman–Crippen MR) is 75.2 cm³/mol. The summed E-state index contributed by atoms with van der Waals surface area (Å²) in [6.45, 7) is 0.871. The number of hydrogen-bond donors (Lipinski definition) is 1. The van der Waals surface area contributed by atoms with E-state index in [9.17, 15) is 8.78 Å². The summed E-state index contributed by atoms with van der Waals surface area (Å²) in [5.41, 5.74) is -0.111. The molecule has 1 aromatic carbocycles. The summed E-state index contributed by atoms with van der Waals surface area (Å²) in [5.74, 6) is -1.27. The van der Waals surface area contributed by atoms with E-state index >= 15 is 0 Å². The quantitative estimate of drug-likeness (QED) is 0.842. The Labute approximate surface area is 122 Å². The maximum atomic E-state index is 13.8. The van der Waals surface area contributed by atoms with E-state index in [-0.39, 0.29) is 10.6 Å². The zero-order valence-corrected chi connectivity index (χ0v) is 12.6. The van der Waals surface area contributed by atoms with Gasteiger partial charge in [0.25, 0.3) is 0 Å². The van der Waals surface area contributed by atoms with Crippen LogP contribution in [0.5, 0.6) is 0 Å². The van der Waals surface area contributed by atoms with Crippen molar-refractivity contribution >= 4 is 27.3 Å². The average molecular weight is 348 g/mol. The number of hydrogen-bond acceptors (Lipinski definition) is 4. The second-order valence-electron chi connectivity index (χ2n) is 3.95. The molecule has 0 amide bonds. The standard InChI is InChI=1S/C12H12BrF2N3S/c1-16-4-2-3-10-17-18-12(19-10)11-8(14)5-7(13)6-9(11)15/h5-6,16H,2-4H2,1H3. The van der Waals surface area contributed by atoms with Crippen LogP contribution in [0.2, 0.25) is 0 Å². The number of nitrogens with zero attached hydrogens (tertiary/aromatic N) is 2. The van der Waals surface area contributed by atoms with Crippen molar-refractivity contribution in [2.24, 2.45) is 0 Å². The number of aromatic nitrogens is 2. The first kappa shape index (κ1) is 14.5. The Morgan fingerprint density at radius 2 is 1.95 bits per heavy atom. The third-order valence-corrected chi connectivity index (χ3v) is 3.96. The van der Waals surface area contributed by atoms with Crippen molar-refractivity contribution in [1.29, 1.82) is 0 Å². The highest BCUT2D eigenvalue weighted by molar-refractivity contribution is 9.10. The van der Waals surface area contributed by atoms with Crippen molar-refractivity contribution in [3.63, 3.8) is 0 Å². The summed E-state index contributed by atoms with van der Waals surface area (Å²) >= 11 is 4.27. The fraction of sp³-hybridized carbons (Fsp3) is 0.333. The Balaban J connectivity index is 2.23. The number of rotatable bonds is 5. The normalized spacial score (nSPS) is 10.9. The van der Waals surface area contributed by atoms with Crippen LogP contribution in [0.1, 0.15) is 11.4 Å². The minimum Gasteiger partial charge on any atom is -0.320 e. The molecule has 0 radical (unpaired) electrons. The lowest BCUT2D eigenvalue weighted by Gasteiger charge is -2.01. The van der Waals surface area contributed by atoms with Gasteiger partial charge in [0.05, 0.1) is 5.56 Å². The van der Waals surface area contributed by atoms with Crippen LogP contribution < -0.4 is 5.32 Å². The van der Waals surface area contributed by atoms with Crippen LogP contribution in [-0.2, 0) is 6.42 Å². The zero-order valence-electron chi connectivity index (χ0n) is 10.2. The summed E-state index contributed by atoms with van der Waals surface area (Å²) in [7, 11) is 1.87. The molecule has 0 aliphatic heterocycles. The molecular formula is C12H12BrF2N3S. The second kappa shape index (κ2) is 6.49. The highest BCUT2D eigenvalue weighted by atomic mass is 79.9. The molecule has 7 heteroatoms. The predicted octanol–water partition coefficient (Wildman–Crippen LogP) is 3.40. The van der Waals surface area contributed by atoms with E-state index < -0.39 is 11.6 Å². The van der Waals surface area contributed by atoms with E-state index in [0.717, 1.165) is 24.4 Å². The molecule has 0 saturated heterocycles. The van der Waals surface area contributed by atoms with E-state index in [4.69, 9.17) is 0 Å². The van der Waals surface area contributed by atoms with E-state index in [1.165, 1.54) is 23.5 Å². The summed E-state index contributed by atoms with van der Waals surface area (Å²) < 4.78 is 27.9. The number of halogens is 3. The molecule has 1 aromatic heterocycles. The molecule has 1 N–H and O–H groups in total. The van der Waals surface area contributed by atoms with Crippen molar-refractivity contribution in [3.05, 3.63) is 33.2 Å². The molecule has 0 bridgehead atoms. The van der Waals surface area contributed by atoms with Gasteiger partial charge in [-0.05, 0) is 32.1 Å². The minimum absolute atomic E-state index is 0.111. The lowest BCUT2D eigenvalue weighted by atomic mass is 10.2. The third kappa shape index (κ3) is 3.55. The van der Waals surface area contributed by atoms with Crippen LogP contribution >= 0.6 is 27.3 Å². The summed E-state index contributed by atoms with van der Waals surface area (Å²) in [4.78, 5) is 0. The van der Waals surface area contributed by atoms with Crippen LogP contribution in [0.4, 0.5) is 8.78 Å². The van der Waals surface area contributed by atoms with Crippen LogP contribution in [-0.4, -0.2) is 23.8 Å². The third-order valence-electron chi connectivity index (χ3n) is 2.51. The van der Waals surface area contributed by atoms with E-state index in [1.54, 1.807) is 0 Å². The van der Waals surface area contributed by atoms with Crippen LogP contribution in [0, 0.1) is 11.6 Å². The number of benzene rings is 1. The van der Waals surface area contributed by atoms with Gasteiger partial charge in [-0.1, -0.05) is 27.3 Å².